The minimum atomic E-state index is 0.495. The van der Waals surface area contributed by atoms with Gasteiger partial charge in [-0.25, -0.2) is 4.98 Å². The molecule has 19 heavy (non-hydrogen) atoms. The van der Waals surface area contributed by atoms with Crippen LogP contribution >= 0.6 is 11.6 Å². The first-order valence-corrected chi connectivity index (χ1v) is 6.06. The fourth-order valence-electron chi connectivity index (χ4n) is 1.73. The number of hydrogen-bond donors (Lipinski definition) is 3. The van der Waals surface area contributed by atoms with Crippen LogP contribution in [0.15, 0.2) is 30.6 Å². The smallest absolute Gasteiger partial charge is 0.226 e. The van der Waals surface area contributed by atoms with Gasteiger partial charge >= 0.3 is 0 Å². The van der Waals surface area contributed by atoms with E-state index in [1.807, 2.05) is 24.3 Å². The summed E-state index contributed by atoms with van der Waals surface area (Å²) in [6.45, 7) is 0. The van der Waals surface area contributed by atoms with E-state index >= 15 is 0 Å². The number of imidazole rings is 1. The lowest BCUT2D eigenvalue weighted by molar-refractivity contribution is 1.18. The molecule has 0 fully saturated rings. The first kappa shape index (κ1) is 11.7. The fraction of sp³-hybridized carbons (Fsp3) is 0.0833. The molecule has 0 aliphatic heterocycles. The number of H-pyrrole nitrogens is 1. The van der Waals surface area contributed by atoms with Gasteiger partial charge in [0.25, 0.3) is 0 Å². The van der Waals surface area contributed by atoms with Gasteiger partial charge in [0, 0.05) is 7.05 Å². The zero-order valence-electron chi connectivity index (χ0n) is 10.1. The van der Waals surface area contributed by atoms with Gasteiger partial charge in [0.05, 0.1) is 17.0 Å². The van der Waals surface area contributed by atoms with Gasteiger partial charge in [-0.3, -0.25) is 0 Å². The monoisotopic (exact) mass is 274 g/mol. The second kappa shape index (κ2) is 4.74. The molecule has 1 aromatic carbocycles. The number of nitrogens with one attached hydrogen (secondary N) is 3. The van der Waals surface area contributed by atoms with E-state index in [-0.39, 0.29) is 0 Å². The van der Waals surface area contributed by atoms with Crippen LogP contribution in [-0.4, -0.2) is 27.0 Å². The summed E-state index contributed by atoms with van der Waals surface area (Å²) in [5.74, 6) is 1.12. The third kappa shape index (κ3) is 2.17. The summed E-state index contributed by atoms with van der Waals surface area (Å²) in [6.07, 6.45) is 1.58. The Morgan fingerprint density at radius 2 is 2.05 bits per heavy atom. The molecular weight excluding hydrogens is 264 g/mol. The van der Waals surface area contributed by atoms with Crippen LogP contribution in [-0.2, 0) is 0 Å². The highest BCUT2D eigenvalue weighted by Gasteiger charge is 2.10. The molecule has 0 atom stereocenters. The minimum Gasteiger partial charge on any atom is -0.357 e. The van der Waals surface area contributed by atoms with Crippen LogP contribution in [0.1, 0.15) is 0 Å². The molecule has 0 aliphatic carbocycles. The quantitative estimate of drug-likeness (QED) is 0.684. The Kier molecular flexibility index (Phi) is 2.92. The Bertz CT molecular complexity index is 723. The molecule has 0 saturated heterocycles. The lowest BCUT2D eigenvalue weighted by Gasteiger charge is -2.09. The normalized spacial score (nSPS) is 10.6. The highest BCUT2D eigenvalue weighted by Crippen LogP contribution is 2.27. The number of halogens is 1. The highest BCUT2D eigenvalue weighted by atomic mass is 35.5. The Labute approximate surface area is 114 Å². The summed E-state index contributed by atoms with van der Waals surface area (Å²) in [6, 6.07) is 7.47. The molecule has 7 heteroatoms. The second-order valence-electron chi connectivity index (χ2n) is 3.85. The minimum absolute atomic E-state index is 0.495. The Balaban J connectivity index is 2.09. The van der Waals surface area contributed by atoms with Crippen molar-refractivity contribution in [3.63, 3.8) is 0 Å². The molecule has 3 rings (SSSR count). The molecule has 0 amide bonds. The zero-order chi connectivity index (χ0) is 13.2. The molecule has 0 bridgehead atoms. The Morgan fingerprint density at radius 1 is 1.21 bits per heavy atom. The van der Waals surface area contributed by atoms with Crippen LogP contribution in [0.5, 0.6) is 0 Å². The van der Waals surface area contributed by atoms with E-state index < -0.39 is 0 Å². The van der Waals surface area contributed by atoms with Crippen LogP contribution in [0.25, 0.3) is 11.2 Å². The number of fused-ring (bicyclic) bond motifs is 1. The molecule has 0 unspecified atom stereocenters. The van der Waals surface area contributed by atoms with Crippen molar-refractivity contribution in [2.24, 2.45) is 0 Å². The molecule has 2 heterocycles. The van der Waals surface area contributed by atoms with Gasteiger partial charge in [-0.15, -0.1) is 0 Å². The average Bonchev–Trinajstić information content (AvgIpc) is 2.89. The maximum atomic E-state index is 6.13. The van der Waals surface area contributed by atoms with Gasteiger partial charge < -0.3 is 15.6 Å². The van der Waals surface area contributed by atoms with Crippen LogP contribution in [0.2, 0.25) is 5.02 Å². The SMILES string of the molecule is CNc1nc(Nc2ccccc2Cl)c2[nH]cnc2n1. The molecule has 0 radical (unpaired) electrons. The molecule has 2 aromatic heterocycles. The predicted octanol–water partition coefficient (Wildman–Crippen LogP) is 2.79. The van der Waals surface area contributed by atoms with Gasteiger partial charge in [0.2, 0.25) is 5.95 Å². The third-order valence-electron chi connectivity index (χ3n) is 2.64. The largest absolute Gasteiger partial charge is 0.357 e. The molecule has 3 N–H and O–H groups in total. The molecule has 6 nitrogen and oxygen atoms in total. The van der Waals surface area contributed by atoms with Crippen molar-refractivity contribution < 1.29 is 0 Å². The number of nitrogens with zero attached hydrogens (tertiary/aromatic N) is 3. The van der Waals surface area contributed by atoms with Crippen molar-refractivity contribution in [1.29, 1.82) is 0 Å². The molecule has 0 spiro atoms. The van der Waals surface area contributed by atoms with Crippen molar-refractivity contribution in [3.8, 4) is 0 Å². The number of aromatic nitrogens is 4. The molecule has 0 aliphatic rings. The van der Waals surface area contributed by atoms with Crippen molar-refractivity contribution in [2.75, 3.05) is 17.7 Å². The zero-order valence-corrected chi connectivity index (χ0v) is 10.9. The second-order valence-corrected chi connectivity index (χ2v) is 4.26. The number of anilines is 3. The number of hydrogen-bond acceptors (Lipinski definition) is 5. The highest BCUT2D eigenvalue weighted by molar-refractivity contribution is 6.33. The van der Waals surface area contributed by atoms with Crippen molar-refractivity contribution >= 4 is 40.2 Å². The molecule has 96 valence electrons. The average molecular weight is 275 g/mol. The summed E-state index contributed by atoms with van der Waals surface area (Å²) < 4.78 is 0. The topological polar surface area (TPSA) is 78.5 Å². The number of benzene rings is 1. The van der Waals surface area contributed by atoms with E-state index in [1.165, 1.54) is 0 Å². The Hall–Kier alpha value is -2.34. The van der Waals surface area contributed by atoms with Crippen LogP contribution in [0.3, 0.4) is 0 Å². The third-order valence-corrected chi connectivity index (χ3v) is 2.97. The summed E-state index contributed by atoms with van der Waals surface area (Å²) in [5, 5.41) is 6.71. The molecule has 3 aromatic rings. The fourth-order valence-corrected chi connectivity index (χ4v) is 1.91. The number of para-hydroxylation sites is 1. The van der Waals surface area contributed by atoms with Crippen LogP contribution in [0, 0.1) is 0 Å². The lowest BCUT2D eigenvalue weighted by Crippen LogP contribution is -2.02. The van der Waals surface area contributed by atoms with E-state index in [0.29, 0.717) is 22.4 Å². The van der Waals surface area contributed by atoms with Crippen molar-refractivity contribution in [3.05, 3.63) is 35.6 Å². The summed E-state index contributed by atoms with van der Waals surface area (Å²) in [4.78, 5) is 15.7. The lowest BCUT2D eigenvalue weighted by atomic mass is 10.3. The van der Waals surface area contributed by atoms with E-state index in [9.17, 15) is 0 Å². The predicted molar refractivity (Wildman–Crippen MR) is 76.0 cm³/mol. The maximum Gasteiger partial charge on any atom is 0.226 e. The van der Waals surface area contributed by atoms with E-state index in [2.05, 4.69) is 30.6 Å². The van der Waals surface area contributed by atoms with Crippen molar-refractivity contribution in [1.82, 2.24) is 19.9 Å². The number of rotatable bonds is 3. The van der Waals surface area contributed by atoms with Gasteiger partial charge in [0.1, 0.15) is 5.52 Å². The Morgan fingerprint density at radius 3 is 2.84 bits per heavy atom. The summed E-state index contributed by atoms with van der Waals surface area (Å²) in [7, 11) is 1.76. The standard InChI is InChI=1S/C12H11ClN6/c1-14-12-18-10-9(15-6-16-10)11(19-12)17-8-5-3-2-4-7(8)13/h2-6H,1H3,(H3,14,15,16,17,18,19). The summed E-state index contributed by atoms with van der Waals surface area (Å²) in [5.41, 5.74) is 2.11. The molecule has 0 saturated carbocycles. The first-order valence-electron chi connectivity index (χ1n) is 5.68. The van der Waals surface area contributed by atoms with Gasteiger partial charge in [-0.2, -0.15) is 9.97 Å². The van der Waals surface area contributed by atoms with Gasteiger partial charge in [0.15, 0.2) is 11.5 Å². The van der Waals surface area contributed by atoms with Crippen LogP contribution < -0.4 is 10.6 Å². The van der Waals surface area contributed by atoms with E-state index in [1.54, 1.807) is 13.4 Å². The number of aromatic amines is 1. The van der Waals surface area contributed by atoms with Gasteiger partial charge in [-0.05, 0) is 12.1 Å². The maximum absolute atomic E-state index is 6.13. The van der Waals surface area contributed by atoms with E-state index in [4.69, 9.17) is 11.6 Å². The van der Waals surface area contributed by atoms with Gasteiger partial charge in [-0.1, -0.05) is 23.7 Å². The van der Waals surface area contributed by atoms with Crippen LogP contribution in [0.4, 0.5) is 17.5 Å². The van der Waals surface area contributed by atoms with E-state index in [0.717, 1.165) is 11.2 Å². The first-order chi connectivity index (χ1) is 9.28. The van der Waals surface area contributed by atoms with Crippen molar-refractivity contribution in [2.45, 2.75) is 0 Å². The summed E-state index contributed by atoms with van der Waals surface area (Å²) >= 11 is 6.13. The molecular formula is C12H11ClN6.